The first kappa shape index (κ1) is 9.46. The van der Waals surface area contributed by atoms with Gasteiger partial charge in [0.05, 0.1) is 0 Å². The number of rotatable bonds is 1. The highest BCUT2D eigenvalue weighted by Gasteiger charge is 2.21. The van der Waals surface area contributed by atoms with Crippen molar-refractivity contribution >= 4 is 22.4 Å². The fourth-order valence-corrected chi connectivity index (χ4v) is 2.58. The smallest absolute Gasteiger partial charge is 0.161 e. The Balaban J connectivity index is 2.38. The quantitative estimate of drug-likeness (QED) is 0.740. The molecule has 1 N–H and O–H groups in total. The fraction of sp³-hybridized carbons (Fsp3) is 0.308. The highest BCUT2D eigenvalue weighted by molar-refractivity contribution is 6.09. The summed E-state index contributed by atoms with van der Waals surface area (Å²) in [6, 6.07) is 4.19. The second-order valence-electron chi connectivity index (χ2n) is 4.42. The predicted octanol–water partition coefficient (Wildman–Crippen LogP) is 2.36. The van der Waals surface area contributed by atoms with E-state index in [-0.39, 0.29) is 5.78 Å². The number of anilines is 1. The van der Waals surface area contributed by atoms with Crippen LogP contribution in [0.15, 0.2) is 18.3 Å². The molecule has 1 aliphatic heterocycles. The van der Waals surface area contributed by atoms with Gasteiger partial charge in [-0.2, -0.15) is 0 Å². The number of carbonyl (C=O) groups excluding carboxylic acids is 1. The van der Waals surface area contributed by atoms with Gasteiger partial charge in [-0.25, -0.2) is 0 Å². The van der Waals surface area contributed by atoms with Crippen LogP contribution in [0.1, 0.15) is 22.8 Å². The van der Waals surface area contributed by atoms with E-state index in [0.717, 1.165) is 29.4 Å². The average molecular weight is 214 g/mol. The molecule has 0 amide bonds. The van der Waals surface area contributed by atoms with E-state index in [4.69, 9.17) is 0 Å². The summed E-state index contributed by atoms with van der Waals surface area (Å²) in [7, 11) is 2.10. The number of nitrogens with one attached hydrogen (secondary N) is 1. The summed E-state index contributed by atoms with van der Waals surface area (Å²) >= 11 is 0. The summed E-state index contributed by atoms with van der Waals surface area (Å²) in [6.07, 6.45) is 2.85. The Morgan fingerprint density at radius 1 is 1.44 bits per heavy atom. The molecule has 0 saturated carbocycles. The molecule has 3 nitrogen and oxygen atoms in total. The molecule has 0 aliphatic carbocycles. The van der Waals surface area contributed by atoms with Gasteiger partial charge in [0.2, 0.25) is 0 Å². The van der Waals surface area contributed by atoms with E-state index < -0.39 is 0 Å². The molecular weight excluding hydrogens is 200 g/mol. The maximum Gasteiger partial charge on any atom is 0.161 e. The van der Waals surface area contributed by atoms with Gasteiger partial charge in [0.1, 0.15) is 0 Å². The van der Waals surface area contributed by atoms with Gasteiger partial charge >= 0.3 is 0 Å². The lowest BCUT2D eigenvalue weighted by Crippen LogP contribution is -2.12. The first-order valence-electron chi connectivity index (χ1n) is 5.53. The first-order valence-corrected chi connectivity index (χ1v) is 5.53. The molecule has 2 aromatic rings. The number of hydrogen-bond donors (Lipinski definition) is 1. The van der Waals surface area contributed by atoms with E-state index in [9.17, 15) is 4.79 Å². The van der Waals surface area contributed by atoms with Gasteiger partial charge in [0, 0.05) is 41.9 Å². The SMILES string of the molecule is CC(=O)c1c[nH]c2ccc3c(c12)CCN3C. The molecule has 1 aliphatic rings. The molecule has 0 unspecified atom stereocenters. The summed E-state index contributed by atoms with van der Waals surface area (Å²) in [5.74, 6) is 0.134. The van der Waals surface area contributed by atoms with Crippen LogP contribution >= 0.6 is 0 Å². The number of nitrogens with zero attached hydrogens (tertiary/aromatic N) is 1. The maximum atomic E-state index is 11.6. The molecule has 0 radical (unpaired) electrons. The number of H-pyrrole nitrogens is 1. The van der Waals surface area contributed by atoms with Gasteiger partial charge in [-0.05, 0) is 31.0 Å². The van der Waals surface area contributed by atoms with Crippen LogP contribution in [-0.2, 0) is 6.42 Å². The Kier molecular flexibility index (Phi) is 1.84. The third-order valence-electron chi connectivity index (χ3n) is 3.42. The summed E-state index contributed by atoms with van der Waals surface area (Å²) in [6.45, 7) is 2.66. The molecule has 0 spiro atoms. The van der Waals surface area contributed by atoms with Crippen LogP contribution in [0.4, 0.5) is 5.69 Å². The molecule has 1 aromatic carbocycles. The number of likely N-dealkylation sites (N-methyl/N-ethyl adjacent to an activating group) is 1. The van der Waals surface area contributed by atoms with Crippen molar-refractivity contribution < 1.29 is 4.79 Å². The summed E-state index contributed by atoms with van der Waals surface area (Å²) in [5, 5.41) is 1.12. The lowest BCUT2D eigenvalue weighted by atomic mass is 10.0. The van der Waals surface area contributed by atoms with Crippen LogP contribution in [0.3, 0.4) is 0 Å². The second-order valence-corrected chi connectivity index (χ2v) is 4.42. The molecule has 2 heterocycles. The fourth-order valence-electron chi connectivity index (χ4n) is 2.58. The standard InChI is InChI=1S/C13H14N2O/c1-8(16)10-7-14-11-3-4-12-9(13(10)11)5-6-15(12)2/h3-4,7,14H,5-6H2,1-2H3. The van der Waals surface area contributed by atoms with Crippen molar-refractivity contribution in [3.05, 3.63) is 29.5 Å². The third kappa shape index (κ3) is 1.11. The monoisotopic (exact) mass is 214 g/mol. The maximum absolute atomic E-state index is 11.6. The highest BCUT2D eigenvalue weighted by atomic mass is 16.1. The zero-order valence-electron chi connectivity index (χ0n) is 9.50. The topological polar surface area (TPSA) is 36.1 Å². The first-order chi connectivity index (χ1) is 7.68. The van der Waals surface area contributed by atoms with Gasteiger partial charge in [0.25, 0.3) is 0 Å². The van der Waals surface area contributed by atoms with Crippen LogP contribution in [-0.4, -0.2) is 24.4 Å². The Bertz CT molecular complexity index is 583. The van der Waals surface area contributed by atoms with Crippen molar-refractivity contribution in [3.8, 4) is 0 Å². The third-order valence-corrected chi connectivity index (χ3v) is 3.42. The molecule has 0 atom stereocenters. The highest BCUT2D eigenvalue weighted by Crippen LogP contribution is 2.35. The van der Waals surface area contributed by atoms with Crippen molar-refractivity contribution in [1.29, 1.82) is 0 Å². The molecule has 0 bridgehead atoms. The van der Waals surface area contributed by atoms with Crippen molar-refractivity contribution in [2.24, 2.45) is 0 Å². The molecular formula is C13H14N2O. The molecule has 82 valence electrons. The average Bonchev–Trinajstić information content (AvgIpc) is 2.81. The predicted molar refractivity (Wildman–Crippen MR) is 65.3 cm³/mol. The minimum Gasteiger partial charge on any atom is -0.374 e. The van der Waals surface area contributed by atoms with Gasteiger partial charge in [-0.15, -0.1) is 0 Å². The van der Waals surface area contributed by atoms with Crippen molar-refractivity contribution in [2.45, 2.75) is 13.3 Å². The number of aromatic nitrogens is 1. The van der Waals surface area contributed by atoms with Crippen molar-refractivity contribution in [3.63, 3.8) is 0 Å². The molecule has 0 saturated heterocycles. The minimum atomic E-state index is 0.134. The Hall–Kier alpha value is -1.77. The Morgan fingerprint density at radius 3 is 3.00 bits per heavy atom. The minimum absolute atomic E-state index is 0.134. The number of benzene rings is 1. The lowest BCUT2D eigenvalue weighted by Gasteiger charge is -2.11. The van der Waals surface area contributed by atoms with Crippen LogP contribution in [0.5, 0.6) is 0 Å². The molecule has 1 aromatic heterocycles. The van der Waals surface area contributed by atoms with E-state index in [1.807, 2.05) is 6.20 Å². The summed E-state index contributed by atoms with van der Waals surface area (Å²) in [5.41, 5.74) is 4.46. The number of ketones is 1. The Labute approximate surface area is 94.1 Å². The number of carbonyl (C=O) groups is 1. The number of Topliss-reactive ketones (excluding diaryl/α,β-unsaturated/α-hetero) is 1. The largest absolute Gasteiger partial charge is 0.374 e. The van der Waals surface area contributed by atoms with E-state index in [2.05, 4.69) is 29.1 Å². The van der Waals surface area contributed by atoms with E-state index in [1.165, 1.54) is 11.3 Å². The second kappa shape index (κ2) is 3.11. The van der Waals surface area contributed by atoms with Gasteiger partial charge in [0.15, 0.2) is 5.78 Å². The van der Waals surface area contributed by atoms with E-state index in [0.29, 0.717) is 0 Å². The van der Waals surface area contributed by atoms with Crippen LogP contribution in [0, 0.1) is 0 Å². The normalized spacial score (nSPS) is 14.5. The van der Waals surface area contributed by atoms with Gasteiger partial charge < -0.3 is 9.88 Å². The number of aromatic amines is 1. The van der Waals surface area contributed by atoms with Gasteiger partial charge in [-0.3, -0.25) is 4.79 Å². The van der Waals surface area contributed by atoms with E-state index in [1.54, 1.807) is 6.92 Å². The summed E-state index contributed by atoms with van der Waals surface area (Å²) < 4.78 is 0. The van der Waals surface area contributed by atoms with E-state index >= 15 is 0 Å². The van der Waals surface area contributed by atoms with Crippen LogP contribution in [0.25, 0.3) is 10.9 Å². The number of hydrogen-bond acceptors (Lipinski definition) is 2. The molecule has 3 rings (SSSR count). The zero-order chi connectivity index (χ0) is 11.3. The lowest BCUT2D eigenvalue weighted by molar-refractivity contribution is 0.101. The van der Waals surface area contributed by atoms with Crippen LogP contribution < -0.4 is 4.90 Å². The molecule has 0 fully saturated rings. The molecule has 16 heavy (non-hydrogen) atoms. The summed E-state index contributed by atoms with van der Waals surface area (Å²) in [4.78, 5) is 17.0. The Morgan fingerprint density at radius 2 is 2.25 bits per heavy atom. The zero-order valence-corrected chi connectivity index (χ0v) is 9.50. The van der Waals surface area contributed by atoms with Crippen molar-refractivity contribution in [1.82, 2.24) is 4.98 Å². The molecule has 3 heteroatoms. The number of fused-ring (bicyclic) bond motifs is 3. The van der Waals surface area contributed by atoms with Crippen molar-refractivity contribution in [2.75, 3.05) is 18.5 Å². The van der Waals surface area contributed by atoms with Crippen LogP contribution in [0.2, 0.25) is 0 Å². The van der Waals surface area contributed by atoms with Gasteiger partial charge in [-0.1, -0.05) is 0 Å².